The fourth-order valence-corrected chi connectivity index (χ4v) is 2.74. The van der Waals surface area contributed by atoms with E-state index >= 15 is 0 Å². The van der Waals surface area contributed by atoms with Crippen molar-refractivity contribution in [2.24, 2.45) is 10.7 Å². The maximum atomic E-state index is 11.3. The van der Waals surface area contributed by atoms with Gasteiger partial charge in [0.15, 0.2) is 5.96 Å². The Balaban J connectivity index is 2.03. The van der Waals surface area contributed by atoms with Crippen molar-refractivity contribution in [2.45, 2.75) is 25.4 Å². The van der Waals surface area contributed by atoms with E-state index in [-0.39, 0.29) is 6.54 Å². The first-order chi connectivity index (χ1) is 12.6. The topological polar surface area (TPSA) is 79.9 Å². The first kappa shape index (κ1) is 19.9. The molecule has 2 aromatic carbocycles. The molecule has 2 aromatic rings. The minimum Gasteiger partial charge on any atom is -0.383 e. The van der Waals surface area contributed by atoms with Crippen LogP contribution in [0, 0.1) is 0 Å². The lowest BCUT2D eigenvalue weighted by Gasteiger charge is -2.27. The van der Waals surface area contributed by atoms with Crippen LogP contribution in [0.25, 0.3) is 0 Å². The van der Waals surface area contributed by atoms with Gasteiger partial charge in [0, 0.05) is 26.2 Å². The van der Waals surface area contributed by atoms with Gasteiger partial charge in [-0.3, -0.25) is 4.99 Å². The average Bonchev–Trinajstić information content (AvgIpc) is 2.68. The lowest BCUT2D eigenvalue weighted by molar-refractivity contribution is 0.0467. The van der Waals surface area contributed by atoms with Crippen molar-refractivity contribution in [3.8, 4) is 0 Å². The minimum atomic E-state index is -1.11. The molecule has 0 fully saturated rings. The molecule has 2 rings (SSSR count). The summed E-state index contributed by atoms with van der Waals surface area (Å²) in [4.78, 5) is 4.38. The molecule has 5 heteroatoms. The van der Waals surface area contributed by atoms with Gasteiger partial charge in [-0.1, -0.05) is 60.7 Å². The molecule has 0 heterocycles. The molecule has 1 unspecified atom stereocenters. The zero-order chi connectivity index (χ0) is 18.7. The summed E-state index contributed by atoms with van der Waals surface area (Å²) in [5.41, 5.74) is 6.73. The van der Waals surface area contributed by atoms with Crippen LogP contribution in [0.15, 0.2) is 65.7 Å². The smallest absolute Gasteiger partial charge is 0.188 e. The Morgan fingerprint density at radius 1 is 1.12 bits per heavy atom. The number of benzene rings is 2. The first-order valence-corrected chi connectivity index (χ1v) is 9.07. The van der Waals surface area contributed by atoms with Gasteiger partial charge in [-0.05, 0) is 24.5 Å². The lowest BCUT2D eigenvalue weighted by atomic mass is 9.87. The van der Waals surface area contributed by atoms with Crippen LogP contribution < -0.4 is 11.1 Å². The molecular weight excluding hydrogens is 326 g/mol. The van der Waals surface area contributed by atoms with Crippen LogP contribution in [0.1, 0.15) is 24.5 Å². The van der Waals surface area contributed by atoms with Gasteiger partial charge in [0.2, 0.25) is 0 Å². The normalized spacial score (nSPS) is 14.0. The molecule has 0 radical (unpaired) electrons. The van der Waals surface area contributed by atoms with Crippen molar-refractivity contribution < 1.29 is 9.84 Å². The highest BCUT2D eigenvalue weighted by atomic mass is 16.5. The van der Waals surface area contributed by atoms with Crippen LogP contribution in [0.3, 0.4) is 0 Å². The first-order valence-electron chi connectivity index (χ1n) is 9.07. The summed E-state index contributed by atoms with van der Waals surface area (Å²) in [5.74, 6) is 0.337. The van der Waals surface area contributed by atoms with Crippen LogP contribution in [0.5, 0.6) is 0 Å². The van der Waals surface area contributed by atoms with E-state index in [4.69, 9.17) is 10.5 Å². The monoisotopic (exact) mass is 355 g/mol. The maximum Gasteiger partial charge on any atom is 0.188 e. The van der Waals surface area contributed by atoms with Crippen molar-refractivity contribution in [2.75, 3.05) is 26.3 Å². The number of hydrogen-bond donors (Lipinski definition) is 3. The Bertz CT molecular complexity index is 661. The Labute approximate surface area is 155 Å². The second-order valence-corrected chi connectivity index (χ2v) is 6.24. The number of ether oxygens (including phenoxy) is 1. The number of guanidine groups is 1. The van der Waals surface area contributed by atoms with E-state index in [9.17, 15) is 5.11 Å². The van der Waals surface area contributed by atoms with Crippen molar-refractivity contribution in [1.82, 2.24) is 5.32 Å². The zero-order valence-corrected chi connectivity index (χ0v) is 15.4. The molecule has 4 N–H and O–H groups in total. The van der Waals surface area contributed by atoms with Gasteiger partial charge in [-0.2, -0.15) is 0 Å². The van der Waals surface area contributed by atoms with Gasteiger partial charge in [0.05, 0.1) is 6.54 Å². The Hall–Kier alpha value is -2.37. The SMILES string of the molecule is CCOCCCNC(N)=NCC(O)(Cc1ccccc1)c1ccccc1. The largest absolute Gasteiger partial charge is 0.383 e. The molecule has 0 aromatic heterocycles. The fraction of sp³-hybridized carbons (Fsp3) is 0.381. The molecule has 0 spiro atoms. The second kappa shape index (κ2) is 10.6. The number of aliphatic imine (C=N–C) groups is 1. The van der Waals surface area contributed by atoms with Crippen LogP contribution in [0.4, 0.5) is 0 Å². The number of nitrogens with two attached hydrogens (primary N) is 1. The van der Waals surface area contributed by atoms with E-state index in [1.807, 2.05) is 67.6 Å². The highest BCUT2D eigenvalue weighted by Gasteiger charge is 2.29. The van der Waals surface area contributed by atoms with Gasteiger partial charge in [0.1, 0.15) is 5.60 Å². The zero-order valence-electron chi connectivity index (χ0n) is 15.4. The summed E-state index contributed by atoms with van der Waals surface area (Å²) in [7, 11) is 0. The van der Waals surface area contributed by atoms with Crippen LogP contribution in [-0.4, -0.2) is 37.4 Å². The predicted molar refractivity (Wildman–Crippen MR) is 106 cm³/mol. The highest BCUT2D eigenvalue weighted by molar-refractivity contribution is 5.77. The van der Waals surface area contributed by atoms with Crippen LogP contribution >= 0.6 is 0 Å². The van der Waals surface area contributed by atoms with Crippen molar-refractivity contribution in [3.63, 3.8) is 0 Å². The molecule has 0 amide bonds. The van der Waals surface area contributed by atoms with E-state index < -0.39 is 5.60 Å². The summed E-state index contributed by atoms with van der Waals surface area (Å²) in [5, 5.41) is 14.4. The number of hydrogen-bond acceptors (Lipinski definition) is 3. The van der Waals surface area contributed by atoms with Crippen molar-refractivity contribution in [1.29, 1.82) is 0 Å². The van der Waals surface area contributed by atoms with Gasteiger partial charge >= 0.3 is 0 Å². The van der Waals surface area contributed by atoms with E-state index in [1.54, 1.807) is 0 Å². The van der Waals surface area contributed by atoms with E-state index in [0.29, 0.717) is 32.1 Å². The van der Waals surface area contributed by atoms with Gasteiger partial charge in [-0.15, -0.1) is 0 Å². The highest BCUT2D eigenvalue weighted by Crippen LogP contribution is 2.26. The van der Waals surface area contributed by atoms with Crippen LogP contribution in [-0.2, 0) is 16.8 Å². The summed E-state index contributed by atoms with van der Waals surface area (Å²) in [6.07, 6.45) is 1.33. The van der Waals surface area contributed by atoms with E-state index in [2.05, 4.69) is 10.3 Å². The molecule has 0 aliphatic heterocycles. The van der Waals surface area contributed by atoms with E-state index in [1.165, 1.54) is 0 Å². The van der Waals surface area contributed by atoms with Gasteiger partial charge < -0.3 is 20.9 Å². The average molecular weight is 355 g/mol. The molecule has 0 aliphatic rings. The van der Waals surface area contributed by atoms with Gasteiger partial charge in [-0.25, -0.2) is 0 Å². The van der Waals surface area contributed by atoms with Crippen molar-refractivity contribution in [3.05, 3.63) is 71.8 Å². The third kappa shape index (κ3) is 6.50. The lowest BCUT2D eigenvalue weighted by Crippen LogP contribution is -2.37. The maximum absolute atomic E-state index is 11.3. The molecule has 0 saturated heterocycles. The molecule has 0 saturated carbocycles. The summed E-state index contributed by atoms with van der Waals surface area (Å²) < 4.78 is 5.29. The number of rotatable bonds is 10. The Kier molecular flexibility index (Phi) is 8.12. The molecule has 5 nitrogen and oxygen atoms in total. The molecule has 1 atom stereocenters. The summed E-state index contributed by atoms with van der Waals surface area (Å²) >= 11 is 0. The van der Waals surface area contributed by atoms with Gasteiger partial charge in [0.25, 0.3) is 0 Å². The quantitative estimate of drug-likeness (QED) is 0.347. The van der Waals surface area contributed by atoms with E-state index in [0.717, 1.165) is 17.5 Å². The van der Waals surface area contributed by atoms with Crippen LogP contribution in [0.2, 0.25) is 0 Å². The molecule has 140 valence electrons. The Morgan fingerprint density at radius 2 is 1.77 bits per heavy atom. The number of nitrogens with one attached hydrogen (secondary N) is 1. The summed E-state index contributed by atoms with van der Waals surface area (Å²) in [6.45, 7) is 4.26. The number of aliphatic hydroxyl groups is 1. The third-order valence-electron chi connectivity index (χ3n) is 4.14. The number of nitrogens with zero attached hydrogens (tertiary/aromatic N) is 1. The predicted octanol–water partition coefficient (Wildman–Crippen LogP) is 2.45. The standard InChI is InChI=1S/C21H29N3O2/c1-2-26-15-9-14-23-20(22)24-17-21(25,19-12-7-4-8-13-19)16-18-10-5-3-6-11-18/h3-8,10-13,25H,2,9,14-17H2,1H3,(H3,22,23,24). The fourth-order valence-electron chi connectivity index (χ4n) is 2.74. The summed E-state index contributed by atoms with van der Waals surface area (Å²) in [6, 6.07) is 19.5. The third-order valence-corrected chi connectivity index (χ3v) is 4.14. The molecular formula is C21H29N3O2. The second-order valence-electron chi connectivity index (χ2n) is 6.24. The molecule has 0 bridgehead atoms. The molecule has 0 aliphatic carbocycles. The molecule has 26 heavy (non-hydrogen) atoms. The minimum absolute atomic E-state index is 0.191. The van der Waals surface area contributed by atoms with Crippen molar-refractivity contribution >= 4 is 5.96 Å². The Morgan fingerprint density at radius 3 is 2.42 bits per heavy atom.